The summed E-state index contributed by atoms with van der Waals surface area (Å²) < 4.78 is 3.83. The Morgan fingerprint density at radius 3 is 3.00 bits per heavy atom. The quantitative estimate of drug-likeness (QED) is 0.698. The predicted molar refractivity (Wildman–Crippen MR) is 102 cm³/mol. The van der Waals surface area contributed by atoms with Crippen LogP contribution in [0.1, 0.15) is 37.8 Å². The third-order valence-electron chi connectivity index (χ3n) is 4.80. The number of hydrogen-bond donors (Lipinski definition) is 2. The third kappa shape index (κ3) is 3.85. The fraction of sp³-hybridized carbons (Fsp3) is 0.444. The number of amides is 2. The largest absolute Gasteiger partial charge is 0.331 e. The summed E-state index contributed by atoms with van der Waals surface area (Å²) in [4.78, 5) is 12.3. The summed E-state index contributed by atoms with van der Waals surface area (Å²) >= 11 is 0. The number of carbonyl (C=O) groups is 1. The molecule has 3 heterocycles. The second kappa shape index (κ2) is 8.15. The molecule has 10 nitrogen and oxygen atoms in total. The Hall–Kier alpha value is -3.30. The normalized spacial score (nSPS) is 13.6. The number of carbonyl (C=O) groups excluding carboxylic acids is 1. The molecule has 0 aliphatic carbocycles. The minimum atomic E-state index is -0.293. The van der Waals surface area contributed by atoms with Gasteiger partial charge in [-0.2, -0.15) is 0 Å². The van der Waals surface area contributed by atoms with Gasteiger partial charge >= 0.3 is 6.03 Å². The molecule has 2 amide bonds. The maximum absolute atomic E-state index is 12.3. The van der Waals surface area contributed by atoms with Gasteiger partial charge in [-0.1, -0.05) is 18.6 Å². The number of rotatable bonds is 5. The van der Waals surface area contributed by atoms with E-state index < -0.39 is 0 Å². The predicted octanol–water partition coefficient (Wildman–Crippen LogP) is 2.00. The molecule has 28 heavy (non-hydrogen) atoms. The number of nitrogens with zero attached hydrogens (tertiary/aromatic N) is 7. The smallest absolute Gasteiger partial charge is 0.319 e. The Bertz CT molecular complexity index is 962. The molecule has 1 aliphatic heterocycles. The van der Waals surface area contributed by atoms with Crippen molar-refractivity contribution in [3.63, 3.8) is 0 Å². The van der Waals surface area contributed by atoms with Crippen LogP contribution in [-0.2, 0) is 26.1 Å². The van der Waals surface area contributed by atoms with Gasteiger partial charge in [-0.25, -0.2) is 9.48 Å². The molecule has 146 valence electrons. The Morgan fingerprint density at radius 1 is 1.18 bits per heavy atom. The summed E-state index contributed by atoms with van der Waals surface area (Å²) in [5.41, 5.74) is 1.51. The van der Waals surface area contributed by atoms with Crippen LogP contribution in [-0.4, -0.2) is 41.0 Å². The molecule has 0 bridgehead atoms. The van der Waals surface area contributed by atoms with Gasteiger partial charge in [0.05, 0.1) is 6.54 Å². The first kappa shape index (κ1) is 18.1. The zero-order chi connectivity index (χ0) is 19.3. The summed E-state index contributed by atoms with van der Waals surface area (Å²) in [5, 5.41) is 25.9. The van der Waals surface area contributed by atoms with Crippen LogP contribution in [0.5, 0.6) is 0 Å². The zero-order valence-electron chi connectivity index (χ0n) is 15.8. The summed E-state index contributed by atoms with van der Waals surface area (Å²) in [5.74, 6) is 2.47. The highest BCUT2D eigenvalue weighted by molar-refractivity contribution is 5.89. The minimum absolute atomic E-state index is 0.293. The molecular weight excluding hydrogens is 358 g/mol. The van der Waals surface area contributed by atoms with Crippen LogP contribution in [0, 0.1) is 0 Å². The number of fused-ring (bicyclic) bond motifs is 1. The summed E-state index contributed by atoms with van der Waals surface area (Å²) in [6.07, 6.45) is 4.41. The van der Waals surface area contributed by atoms with Crippen molar-refractivity contribution in [2.75, 3.05) is 5.32 Å². The molecule has 0 atom stereocenters. The van der Waals surface area contributed by atoms with Crippen molar-refractivity contribution < 1.29 is 4.79 Å². The maximum Gasteiger partial charge on any atom is 0.319 e. The second-order valence-corrected chi connectivity index (χ2v) is 6.70. The monoisotopic (exact) mass is 381 g/mol. The molecule has 0 radical (unpaired) electrons. The average molecular weight is 381 g/mol. The SMILES string of the molecule is CCn1nnnc1-c1cccc(NC(=O)NCc2nnc3n2CCCCC3)c1. The highest BCUT2D eigenvalue weighted by atomic mass is 16.2. The van der Waals surface area contributed by atoms with Gasteiger partial charge in [0.2, 0.25) is 0 Å². The molecule has 10 heteroatoms. The molecule has 0 fully saturated rings. The minimum Gasteiger partial charge on any atom is -0.331 e. The van der Waals surface area contributed by atoms with Gasteiger partial charge in [0.25, 0.3) is 0 Å². The molecule has 2 aromatic heterocycles. The van der Waals surface area contributed by atoms with E-state index in [2.05, 4.69) is 40.9 Å². The molecular formula is C18H23N9O. The van der Waals surface area contributed by atoms with E-state index in [1.165, 1.54) is 6.42 Å². The van der Waals surface area contributed by atoms with E-state index in [0.29, 0.717) is 24.6 Å². The number of tetrazole rings is 1. The first-order valence-corrected chi connectivity index (χ1v) is 9.57. The Balaban J connectivity index is 1.39. The van der Waals surface area contributed by atoms with Crippen LogP contribution in [0.25, 0.3) is 11.4 Å². The number of aryl methyl sites for hydroxylation is 2. The summed E-state index contributed by atoms with van der Waals surface area (Å²) in [6, 6.07) is 7.15. The van der Waals surface area contributed by atoms with Crippen molar-refractivity contribution in [1.29, 1.82) is 0 Å². The summed E-state index contributed by atoms with van der Waals surface area (Å²) in [7, 11) is 0. The van der Waals surface area contributed by atoms with Gasteiger partial charge in [-0.15, -0.1) is 15.3 Å². The molecule has 0 unspecified atom stereocenters. The molecule has 0 spiro atoms. The van der Waals surface area contributed by atoms with Crippen molar-refractivity contribution in [3.05, 3.63) is 35.9 Å². The maximum atomic E-state index is 12.3. The Morgan fingerprint density at radius 2 is 2.11 bits per heavy atom. The number of aromatic nitrogens is 7. The fourth-order valence-corrected chi connectivity index (χ4v) is 3.37. The first-order valence-electron chi connectivity index (χ1n) is 9.57. The molecule has 3 aromatic rings. The lowest BCUT2D eigenvalue weighted by Gasteiger charge is -2.10. The van der Waals surface area contributed by atoms with Crippen LogP contribution in [0.2, 0.25) is 0 Å². The van der Waals surface area contributed by atoms with E-state index in [4.69, 9.17) is 0 Å². The lowest BCUT2D eigenvalue weighted by atomic mass is 10.2. The first-order chi connectivity index (χ1) is 13.7. The van der Waals surface area contributed by atoms with E-state index in [-0.39, 0.29) is 6.03 Å². The van der Waals surface area contributed by atoms with Crippen LogP contribution in [0.4, 0.5) is 10.5 Å². The van der Waals surface area contributed by atoms with E-state index in [1.807, 2.05) is 31.2 Å². The lowest BCUT2D eigenvalue weighted by Crippen LogP contribution is -2.29. The third-order valence-corrected chi connectivity index (χ3v) is 4.80. The highest BCUT2D eigenvalue weighted by Gasteiger charge is 2.15. The van der Waals surface area contributed by atoms with Crippen LogP contribution in [0.15, 0.2) is 24.3 Å². The van der Waals surface area contributed by atoms with Gasteiger partial charge in [0.1, 0.15) is 5.82 Å². The standard InChI is InChI=1S/C18H23N9O/c1-2-27-17(23-24-25-27)13-7-6-8-14(11-13)20-18(28)19-12-16-22-21-15-9-4-3-5-10-26(15)16/h6-8,11H,2-5,9-10,12H2,1H3,(H2,19,20,28). The molecule has 1 aliphatic rings. The number of benzene rings is 1. The van der Waals surface area contributed by atoms with Gasteiger partial charge in [0.15, 0.2) is 11.6 Å². The van der Waals surface area contributed by atoms with Gasteiger partial charge < -0.3 is 15.2 Å². The topological polar surface area (TPSA) is 115 Å². The number of anilines is 1. The molecule has 0 saturated carbocycles. The van der Waals surface area contributed by atoms with Crippen LogP contribution in [0.3, 0.4) is 0 Å². The van der Waals surface area contributed by atoms with E-state index in [1.54, 1.807) is 4.68 Å². The Labute approximate surface area is 162 Å². The second-order valence-electron chi connectivity index (χ2n) is 6.70. The molecule has 2 N–H and O–H groups in total. The highest BCUT2D eigenvalue weighted by Crippen LogP contribution is 2.20. The van der Waals surface area contributed by atoms with E-state index in [9.17, 15) is 4.79 Å². The van der Waals surface area contributed by atoms with Crippen molar-refractivity contribution in [3.8, 4) is 11.4 Å². The molecule has 4 rings (SSSR count). The average Bonchev–Trinajstić information content (AvgIpc) is 3.27. The van der Waals surface area contributed by atoms with Crippen molar-refractivity contribution in [2.45, 2.75) is 52.2 Å². The van der Waals surface area contributed by atoms with E-state index >= 15 is 0 Å². The van der Waals surface area contributed by atoms with Crippen molar-refractivity contribution in [2.24, 2.45) is 0 Å². The summed E-state index contributed by atoms with van der Waals surface area (Å²) in [6.45, 7) is 3.89. The molecule has 0 saturated heterocycles. The number of nitrogens with one attached hydrogen (secondary N) is 2. The number of hydrogen-bond acceptors (Lipinski definition) is 6. The Kier molecular flexibility index (Phi) is 5.27. The molecule has 1 aromatic carbocycles. The number of urea groups is 1. The van der Waals surface area contributed by atoms with Crippen molar-refractivity contribution in [1.82, 2.24) is 40.3 Å². The van der Waals surface area contributed by atoms with Crippen LogP contribution < -0.4 is 10.6 Å². The zero-order valence-corrected chi connectivity index (χ0v) is 15.8. The lowest BCUT2D eigenvalue weighted by molar-refractivity contribution is 0.251. The van der Waals surface area contributed by atoms with Gasteiger partial charge in [-0.05, 0) is 42.3 Å². The van der Waals surface area contributed by atoms with Gasteiger partial charge in [0, 0.05) is 30.8 Å². The van der Waals surface area contributed by atoms with Crippen LogP contribution >= 0.6 is 0 Å². The van der Waals surface area contributed by atoms with Gasteiger partial charge in [-0.3, -0.25) is 0 Å². The van der Waals surface area contributed by atoms with E-state index in [0.717, 1.165) is 43.0 Å². The van der Waals surface area contributed by atoms with Crippen molar-refractivity contribution >= 4 is 11.7 Å². The fourth-order valence-electron chi connectivity index (χ4n) is 3.37.